The summed E-state index contributed by atoms with van der Waals surface area (Å²) in [5, 5.41) is 13.2. The van der Waals surface area contributed by atoms with E-state index in [0.29, 0.717) is 4.47 Å². The maximum Gasteiger partial charge on any atom is 0.411 e. The second kappa shape index (κ2) is 8.27. The van der Waals surface area contributed by atoms with Crippen LogP contribution < -0.4 is 10.1 Å². The molecule has 1 rings (SSSR count). The number of carbonyl (C=O) groups is 1. The monoisotopic (exact) mass is 380 g/mol. The molecule has 10 heteroatoms. The molecule has 0 saturated carbocycles. The number of rotatable bonds is 7. The first-order chi connectivity index (χ1) is 10.3. The zero-order valence-corrected chi connectivity index (χ0v) is 12.8. The SMILES string of the molecule is CCOC(=O)C(=CNc1ccc(Br)cc1OC(F)F)[N+](=O)[O-]. The molecule has 0 aromatic heterocycles. The van der Waals surface area contributed by atoms with Crippen molar-refractivity contribution in [2.24, 2.45) is 0 Å². The van der Waals surface area contributed by atoms with E-state index in [2.05, 4.69) is 30.7 Å². The van der Waals surface area contributed by atoms with Crippen LogP contribution in [-0.4, -0.2) is 24.1 Å². The number of alkyl halides is 2. The molecular formula is C12H11BrF2N2O5. The lowest BCUT2D eigenvalue weighted by atomic mass is 10.3. The molecule has 1 aromatic rings. The lowest BCUT2D eigenvalue weighted by molar-refractivity contribution is -0.421. The summed E-state index contributed by atoms with van der Waals surface area (Å²) in [4.78, 5) is 21.2. The van der Waals surface area contributed by atoms with Gasteiger partial charge in [0.2, 0.25) is 0 Å². The van der Waals surface area contributed by atoms with E-state index in [1.165, 1.54) is 25.1 Å². The molecule has 0 aliphatic carbocycles. The van der Waals surface area contributed by atoms with Gasteiger partial charge in [-0.15, -0.1) is 0 Å². The van der Waals surface area contributed by atoms with Crippen LogP contribution in [0.3, 0.4) is 0 Å². The molecule has 0 aliphatic heterocycles. The van der Waals surface area contributed by atoms with Gasteiger partial charge in [0.1, 0.15) is 0 Å². The summed E-state index contributed by atoms with van der Waals surface area (Å²) in [7, 11) is 0. The van der Waals surface area contributed by atoms with Crippen molar-refractivity contribution in [3.05, 3.63) is 44.7 Å². The summed E-state index contributed by atoms with van der Waals surface area (Å²) in [6.45, 7) is -1.62. The van der Waals surface area contributed by atoms with E-state index in [1.54, 1.807) is 0 Å². The highest BCUT2D eigenvalue weighted by atomic mass is 79.9. The van der Waals surface area contributed by atoms with Gasteiger partial charge in [0.25, 0.3) is 0 Å². The van der Waals surface area contributed by atoms with E-state index in [0.717, 1.165) is 6.20 Å². The molecule has 7 nitrogen and oxygen atoms in total. The number of halogens is 3. The normalized spacial score (nSPS) is 11.2. The maximum atomic E-state index is 12.3. The number of benzene rings is 1. The summed E-state index contributed by atoms with van der Waals surface area (Å²) >= 11 is 3.08. The Bertz CT molecular complexity index is 595. The second-order valence-electron chi connectivity index (χ2n) is 3.67. The van der Waals surface area contributed by atoms with E-state index in [4.69, 9.17) is 0 Å². The molecule has 0 fully saturated rings. The van der Waals surface area contributed by atoms with E-state index >= 15 is 0 Å². The summed E-state index contributed by atoms with van der Waals surface area (Å²) in [6.07, 6.45) is 0.750. The molecule has 0 saturated heterocycles. The number of hydrogen-bond donors (Lipinski definition) is 1. The largest absolute Gasteiger partial charge is 0.458 e. The molecule has 1 aromatic carbocycles. The van der Waals surface area contributed by atoms with Gasteiger partial charge in [-0.3, -0.25) is 10.1 Å². The highest BCUT2D eigenvalue weighted by molar-refractivity contribution is 9.10. The van der Waals surface area contributed by atoms with Crippen molar-refractivity contribution < 1.29 is 28.0 Å². The number of ether oxygens (including phenoxy) is 2. The highest BCUT2D eigenvalue weighted by Crippen LogP contribution is 2.30. The number of anilines is 1. The van der Waals surface area contributed by atoms with Crippen molar-refractivity contribution in [2.75, 3.05) is 11.9 Å². The Balaban J connectivity index is 3.03. The number of hydrogen-bond acceptors (Lipinski definition) is 6. The van der Waals surface area contributed by atoms with E-state index in [9.17, 15) is 23.7 Å². The lowest BCUT2D eigenvalue weighted by Gasteiger charge is -2.10. The molecule has 0 heterocycles. The highest BCUT2D eigenvalue weighted by Gasteiger charge is 2.23. The Morgan fingerprint density at radius 1 is 1.55 bits per heavy atom. The number of esters is 1. The van der Waals surface area contributed by atoms with Crippen molar-refractivity contribution in [3.8, 4) is 5.75 Å². The topological polar surface area (TPSA) is 90.7 Å². The third-order valence-corrected chi connectivity index (χ3v) is 2.70. The van der Waals surface area contributed by atoms with Crippen LogP contribution in [0.25, 0.3) is 0 Å². The van der Waals surface area contributed by atoms with Crippen LogP contribution in [0.2, 0.25) is 0 Å². The molecule has 1 N–H and O–H groups in total. The minimum Gasteiger partial charge on any atom is -0.458 e. The smallest absolute Gasteiger partial charge is 0.411 e. The average Bonchev–Trinajstić information content (AvgIpc) is 2.40. The molecule has 0 bridgehead atoms. The third-order valence-electron chi connectivity index (χ3n) is 2.21. The lowest BCUT2D eigenvalue weighted by Crippen LogP contribution is -2.16. The second-order valence-corrected chi connectivity index (χ2v) is 4.59. The first-order valence-corrected chi connectivity index (χ1v) is 6.67. The minimum atomic E-state index is -3.07. The van der Waals surface area contributed by atoms with E-state index in [1.807, 2.05) is 0 Å². The van der Waals surface area contributed by atoms with Crippen LogP contribution in [0, 0.1) is 10.1 Å². The van der Waals surface area contributed by atoms with Gasteiger partial charge < -0.3 is 14.8 Å². The molecular weight excluding hydrogens is 370 g/mol. The fourth-order valence-corrected chi connectivity index (χ4v) is 1.69. The van der Waals surface area contributed by atoms with Gasteiger partial charge >= 0.3 is 18.3 Å². The predicted molar refractivity (Wildman–Crippen MR) is 76.1 cm³/mol. The molecule has 0 atom stereocenters. The van der Waals surface area contributed by atoms with Crippen molar-refractivity contribution >= 4 is 27.6 Å². The van der Waals surface area contributed by atoms with Gasteiger partial charge in [0, 0.05) is 4.47 Å². The average molecular weight is 381 g/mol. The van der Waals surface area contributed by atoms with Crippen molar-refractivity contribution in [3.63, 3.8) is 0 Å². The predicted octanol–water partition coefficient (Wildman–Crippen LogP) is 3.14. The van der Waals surface area contributed by atoms with Gasteiger partial charge in [-0.1, -0.05) is 15.9 Å². The Kier molecular flexibility index (Phi) is 6.70. The fraction of sp³-hybridized carbons (Fsp3) is 0.250. The number of nitrogens with one attached hydrogen (secondary N) is 1. The minimum absolute atomic E-state index is 0.0205. The number of nitrogens with zero attached hydrogens (tertiary/aromatic N) is 1. The molecule has 22 heavy (non-hydrogen) atoms. The van der Waals surface area contributed by atoms with E-state index < -0.39 is 23.2 Å². The zero-order valence-electron chi connectivity index (χ0n) is 11.2. The molecule has 0 unspecified atom stereocenters. The standard InChI is InChI=1S/C12H11BrF2N2O5/c1-2-21-11(18)9(17(19)20)6-16-8-4-3-7(13)5-10(8)22-12(14)15/h3-6,12,16H,2H2,1H3. The Hall–Kier alpha value is -2.23. The number of nitro groups is 1. The first kappa shape index (κ1) is 17.8. The maximum absolute atomic E-state index is 12.3. The molecule has 0 spiro atoms. The summed E-state index contributed by atoms with van der Waals surface area (Å²) in [5.74, 6) is -1.39. The van der Waals surface area contributed by atoms with Gasteiger partial charge in [0.05, 0.1) is 23.4 Å². The molecule has 0 radical (unpaired) electrons. The molecule has 0 aliphatic rings. The fourth-order valence-electron chi connectivity index (χ4n) is 1.35. The first-order valence-electron chi connectivity index (χ1n) is 5.87. The van der Waals surface area contributed by atoms with Crippen LogP contribution in [0.5, 0.6) is 5.75 Å². The number of carbonyl (C=O) groups excluding carboxylic acids is 1. The van der Waals surface area contributed by atoms with Crippen molar-refractivity contribution in [1.82, 2.24) is 0 Å². The van der Waals surface area contributed by atoms with Crippen molar-refractivity contribution in [2.45, 2.75) is 13.5 Å². The van der Waals surface area contributed by atoms with Gasteiger partial charge in [-0.25, -0.2) is 4.79 Å². The molecule has 0 amide bonds. The van der Waals surface area contributed by atoms with Gasteiger partial charge in [-0.2, -0.15) is 8.78 Å². The Morgan fingerprint density at radius 3 is 2.77 bits per heavy atom. The van der Waals surface area contributed by atoms with Crippen LogP contribution in [0.15, 0.2) is 34.6 Å². The van der Waals surface area contributed by atoms with Crippen LogP contribution in [0.4, 0.5) is 14.5 Å². The van der Waals surface area contributed by atoms with Crippen LogP contribution >= 0.6 is 15.9 Å². The van der Waals surface area contributed by atoms with Gasteiger partial charge in [-0.05, 0) is 25.1 Å². The van der Waals surface area contributed by atoms with Crippen LogP contribution in [0.1, 0.15) is 6.92 Å². The summed E-state index contributed by atoms with van der Waals surface area (Å²) in [5.41, 5.74) is -0.847. The molecule has 120 valence electrons. The van der Waals surface area contributed by atoms with E-state index in [-0.39, 0.29) is 18.0 Å². The Morgan fingerprint density at radius 2 is 2.23 bits per heavy atom. The Labute approximate surface area is 132 Å². The van der Waals surface area contributed by atoms with Crippen LogP contribution in [-0.2, 0) is 9.53 Å². The zero-order chi connectivity index (χ0) is 16.7. The summed E-state index contributed by atoms with van der Waals surface area (Å²) < 4.78 is 33.9. The quantitative estimate of drug-likeness (QED) is 0.338. The third kappa shape index (κ3) is 5.28. The van der Waals surface area contributed by atoms with Gasteiger partial charge in [0.15, 0.2) is 5.75 Å². The van der Waals surface area contributed by atoms with Crippen molar-refractivity contribution in [1.29, 1.82) is 0 Å². The summed E-state index contributed by atoms with van der Waals surface area (Å²) in [6, 6.07) is 4.10.